The molecule has 286 valence electrons. The molecule has 3 heterocycles. The Morgan fingerprint density at radius 2 is 0.758 bits per heavy atom. The first-order valence-electron chi connectivity index (χ1n) is 20.3. The average molecular weight is 789 g/mol. The summed E-state index contributed by atoms with van der Waals surface area (Å²) in [4.78, 5) is 5.41. The van der Waals surface area contributed by atoms with E-state index in [0.29, 0.717) is 16.7 Å². The van der Waals surface area contributed by atoms with E-state index in [1.54, 1.807) is 0 Å². The largest absolute Gasteiger partial charge is 0.308 e. The summed E-state index contributed by atoms with van der Waals surface area (Å²) in [7, 11) is 0. The molecule has 0 fully saturated rings. The number of aromatic nitrogens is 3. The van der Waals surface area contributed by atoms with Gasteiger partial charge in [0.25, 0.3) is 0 Å². The van der Waals surface area contributed by atoms with Crippen LogP contribution in [-0.4, -0.2) is 14.1 Å². The third-order valence-electron chi connectivity index (χ3n) is 11.8. The van der Waals surface area contributed by atoms with Crippen LogP contribution in [0.5, 0.6) is 0 Å². The molecule has 11 aromatic rings. The zero-order chi connectivity index (χ0) is 41.7. The molecule has 6 heteroatoms. The van der Waals surface area contributed by atoms with Crippen molar-refractivity contribution in [1.29, 1.82) is 15.8 Å². The molecule has 0 amide bonds. The molecule has 0 unspecified atom stereocenters. The molecular weight excluding hydrogens is 757 g/mol. The molecule has 0 saturated heterocycles. The van der Waals surface area contributed by atoms with Gasteiger partial charge in [-0.1, -0.05) is 109 Å². The van der Waals surface area contributed by atoms with Crippen LogP contribution in [0.1, 0.15) is 16.7 Å². The lowest BCUT2D eigenvalue weighted by Crippen LogP contribution is -2.06. The van der Waals surface area contributed by atoms with Gasteiger partial charge in [-0.25, -0.2) is 4.98 Å². The number of nitriles is 3. The number of nitrogens with zero attached hydrogens (tertiary/aromatic N) is 6. The molecule has 11 rings (SSSR count). The maximum atomic E-state index is 10.9. The summed E-state index contributed by atoms with van der Waals surface area (Å²) in [5.41, 5.74) is 15.0. The third kappa shape index (κ3) is 5.89. The van der Waals surface area contributed by atoms with E-state index < -0.39 is 0 Å². The van der Waals surface area contributed by atoms with E-state index >= 15 is 0 Å². The van der Waals surface area contributed by atoms with Crippen molar-refractivity contribution in [2.45, 2.75) is 0 Å². The molecule has 0 saturated carbocycles. The maximum Gasteiger partial charge on any atom is 0.0993 e. The Labute approximate surface area is 357 Å². The maximum absolute atomic E-state index is 10.9. The van der Waals surface area contributed by atoms with Crippen molar-refractivity contribution >= 4 is 43.6 Å². The summed E-state index contributed by atoms with van der Waals surface area (Å²) in [6, 6.07) is 72.5. The molecule has 6 nitrogen and oxygen atoms in total. The van der Waals surface area contributed by atoms with E-state index in [4.69, 9.17) is 4.98 Å². The fourth-order valence-corrected chi connectivity index (χ4v) is 8.93. The van der Waals surface area contributed by atoms with E-state index in [9.17, 15) is 15.8 Å². The van der Waals surface area contributed by atoms with Crippen molar-refractivity contribution < 1.29 is 0 Å². The minimum atomic E-state index is 0.512. The van der Waals surface area contributed by atoms with Crippen LogP contribution in [0.2, 0.25) is 0 Å². The molecular formula is C56H32N6. The highest BCUT2D eigenvalue weighted by Gasteiger charge is 2.24. The zero-order valence-electron chi connectivity index (χ0n) is 33.2. The predicted molar refractivity (Wildman–Crippen MR) is 249 cm³/mol. The molecule has 0 bridgehead atoms. The van der Waals surface area contributed by atoms with Gasteiger partial charge in [-0.2, -0.15) is 15.8 Å². The minimum absolute atomic E-state index is 0.512. The van der Waals surface area contributed by atoms with Crippen molar-refractivity contribution in [2.24, 2.45) is 0 Å². The van der Waals surface area contributed by atoms with Crippen LogP contribution < -0.4 is 0 Å². The second-order valence-electron chi connectivity index (χ2n) is 15.3. The van der Waals surface area contributed by atoms with Crippen LogP contribution in [0.3, 0.4) is 0 Å². The first kappa shape index (κ1) is 36.1. The van der Waals surface area contributed by atoms with Gasteiger partial charge in [0.2, 0.25) is 0 Å². The third-order valence-corrected chi connectivity index (χ3v) is 11.8. The Morgan fingerprint density at radius 1 is 0.323 bits per heavy atom. The number of hydrogen-bond donors (Lipinski definition) is 0. The summed E-state index contributed by atoms with van der Waals surface area (Å²) < 4.78 is 4.56. The molecule has 3 aromatic heterocycles. The summed E-state index contributed by atoms with van der Waals surface area (Å²) in [5.74, 6) is 0. The van der Waals surface area contributed by atoms with Gasteiger partial charge in [0.1, 0.15) is 0 Å². The van der Waals surface area contributed by atoms with Crippen molar-refractivity contribution in [3.63, 3.8) is 0 Å². The van der Waals surface area contributed by atoms with Crippen molar-refractivity contribution in [3.05, 3.63) is 211 Å². The molecule has 0 aliphatic heterocycles. The predicted octanol–water partition coefficient (Wildman–Crippen LogP) is 13.6. The SMILES string of the molecule is N#Cc1ccc(-c2ccc3c(c2)c2ccccc2n3-c2cc(C#N)cc(-n3c4ccccc4c4cc(-c5ccc(C#N)cc5)ccc43)c2-c2cccc(-c3ccccc3)n2)cc1. The first-order valence-corrected chi connectivity index (χ1v) is 20.3. The van der Waals surface area contributed by atoms with E-state index in [1.165, 1.54) is 0 Å². The van der Waals surface area contributed by atoms with Crippen LogP contribution in [-0.2, 0) is 0 Å². The van der Waals surface area contributed by atoms with Gasteiger partial charge >= 0.3 is 0 Å². The molecule has 0 spiro atoms. The van der Waals surface area contributed by atoms with Crippen LogP contribution in [0, 0.1) is 34.0 Å². The minimum Gasteiger partial charge on any atom is -0.308 e. The van der Waals surface area contributed by atoms with Gasteiger partial charge in [0, 0.05) is 32.7 Å². The lowest BCUT2D eigenvalue weighted by molar-refractivity contribution is 1.12. The molecule has 0 aliphatic rings. The summed E-state index contributed by atoms with van der Waals surface area (Å²) >= 11 is 0. The number of para-hydroxylation sites is 2. The Kier molecular flexibility index (Phi) is 8.54. The Balaban J connectivity index is 1.23. The van der Waals surface area contributed by atoms with Gasteiger partial charge in [0.05, 0.1) is 79.7 Å². The summed E-state index contributed by atoms with van der Waals surface area (Å²) in [6.45, 7) is 0. The van der Waals surface area contributed by atoms with Crippen LogP contribution in [0.25, 0.3) is 99.8 Å². The van der Waals surface area contributed by atoms with Crippen LogP contribution in [0.15, 0.2) is 194 Å². The first-order chi connectivity index (χ1) is 30.6. The number of pyridine rings is 1. The monoisotopic (exact) mass is 788 g/mol. The normalized spacial score (nSPS) is 11.2. The van der Waals surface area contributed by atoms with E-state index in [0.717, 1.165) is 99.8 Å². The van der Waals surface area contributed by atoms with Gasteiger partial charge in [0.15, 0.2) is 0 Å². The number of hydrogen-bond acceptors (Lipinski definition) is 4. The van der Waals surface area contributed by atoms with Crippen LogP contribution >= 0.6 is 0 Å². The summed E-state index contributed by atoms with van der Waals surface area (Å²) in [5, 5.41) is 34.0. The van der Waals surface area contributed by atoms with Gasteiger partial charge < -0.3 is 9.13 Å². The molecule has 0 N–H and O–H groups in total. The van der Waals surface area contributed by atoms with E-state index in [2.05, 4.69) is 137 Å². The second kappa shape index (κ2) is 14.7. The standard InChI is InChI=1S/C56H32N6/c57-33-36-17-21-39(22-18-36)42-25-27-52-46(31-42)44-11-4-6-15-50(44)61(52)54-29-38(35-59)30-55(56(54)49-14-8-13-48(60-49)41-9-2-1-3-10-41)62-51-16-7-5-12-45(51)47-32-43(26-28-53(47)62)40-23-19-37(34-58)20-24-40/h1-32H. The lowest BCUT2D eigenvalue weighted by atomic mass is 10.00. The number of rotatable bonds is 6. The molecule has 8 aromatic carbocycles. The lowest BCUT2D eigenvalue weighted by Gasteiger charge is -2.21. The smallest absolute Gasteiger partial charge is 0.0993 e. The number of fused-ring (bicyclic) bond motifs is 6. The highest BCUT2D eigenvalue weighted by molar-refractivity contribution is 6.13. The number of benzene rings is 8. The molecule has 0 atom stereocenters. The molecule has 62 heavy (non-hydrogen) atoms. The van der Waals surface area contributed by atoms with E-state index in [1.807, 2.05) is 84.9 Å². The van der Waals surface area contributed by atoms with Gasteiger partial charge in [-0.05, 0) is 107 Å². The van der Waals surface area contributed by atoms with Crippen LogP contribution in [0.4, 0.5) is 0 Å². The second-order valence-corrected chi connectivity index (χ2v) is 15.3. The fourth-order valence-electron chi connectivity index (χ4n) is 8.93. The quantitative estimate of drug-likeness (QED) is 0.168. The van der Waals surface area contributed by atoms with Crippen molar-refractivity contribution in [3.8, 4) is 74.4 Å². The average Bonchev–Trinajstić information content (AvgIpc) is 3.86. The van der Waals surface area contributed by atoms with Crippen molar-refractivity contribution in [2.75, 3.05) is 0 Å². The van der Waals surface area contributed by atoms with E-state index in [-0.39, 0.29) is 0 Å². The Morgan fingerprint density at radius 3 is 1.26 bits per heavy atom. The molecule has 0 radical (unpaired) electrons. The Bertz CT molecular complexity index is 3510. The van der Waals surface area contributed by atoms with Crippen molar-refractivity contribution in [1.82, 2.24) is 14.1 Å². The highest BCUT2D eigenvalue weighted by atomic mass is 15.0. The topological polar surface area (TPSA) is 94.1 Å². The van der Waals surface area contributed by atoms with Gasteiger partial charge in [-0.3, -0.25) is 0 Å². The highest BCUT2D eigenvalue weighted by Crippen LogP contribution is 2.44. The fraction of sp³-hybridized carbons (Fsp3) is 0. The zero-order valence-corrected chi connectivity index (χ0v) is 33.2. The van der Waals surface area contributed by atoms with Gasteiger partial charge in [-0.15, -0.1) is 0 Å². The Hall–Kier alpha value is -9.02. The summed E-state index contributed by atoms with van der Waals surface area (Å²) in [6.07, 6.45) is 0. The molecule has 0 aliphatic carbocycles.